The van der Waals surface area contributed by atoms with E-state index < -0.39 is 0 Å². The lowest BCUT2D eigenvalue weighted by Crippen LogP contribution is -2.27. The lowest BCUT2D eigenvalue weighted by molar-refractivity contribution is 0.873. The Morgan fingerprint density at radius 2 is 1.47 bits per heavy atom. The standard InChI is InChI=1S/C12H17Cl2N.C2H6/c1-10-3-4-12(9-11(10)2)15(7-5-13)8-6-14;1-2/h3-4,9H,5-8H2,1-2H3;1-2H3. The van der Waals surface area contributed by atoms with Crippen molar-refractivity contribution >= 4 is 28.9 Å². The summed E-state index contributed by atoms with van der Waals surface area (Å²) in [5.74, 6) is 1.26. The summed E-state index contributed by atoms with van der Waals surface area (Å²) >= 11 is 11.5. The lowest BCUT2D eigenvalue weighted by atomic mass is 10.1. The molecule has 0 aromatic heterocycles. The van der Waals surface area contributed by atoms with Crippen LogP contribution in [0.1, 0.15) is 25.0 Å². The minimum atomic E-state index is 0.629. The summed E-state index contributed by atoms with van der Waals surface area (Å²) in [7, 11) is 0. The SMILES string of the molecule is CC.Cc1ccc(N(CCCl)CCCl)cc1C. The van der Waals surface area contributed by atoms with Gasteiger partial charge in [-0.3, -0.25) is 0 Å². The first-order valence-corrected chi connectivity index (χ1v) is 7.20. The van der Waals surface area contributed by atoms with Crippen molar-refractivity contribution in [3.63, 3.8) is 0 Å². The molecule has 0 aliphatic carbocycles. The van der Waals surface area contributed by atoms with Gasteiger partial charge in [-0.25, -0.2) is 0 Å². The van der Waals surface area contributed by atoms with E-state index >= 15 is 0 Å². The molecule has 0 bridgehead atoms. The highest BCUT2D eigenvalue weighted by atomic mass is 35.5. The zero-order valence-electron chi connectivity index (χ0n) is 11.3. The Morgan fingerprint density at radius 3 is 1.88 bits per heavy atom. The molecule has 0 spiro atoms. The number of rotatable bonds is 5. The first-order valence-electron chi connectivity index (χ1n) is 6.13. The molecular formula is C14H23Cl2N. The molecule has 1 nitrogen and oxygen atoms in total. The molecule has 0 saturated carbocycles. The zero-order chi connectivity index (χ0) is 13.3. The minimum absolute atomic E-state index is 0.629. The van der Waals surface area contributed by atoms with Crippen LogP contribution in [-0.4, -0.2) is 24.8 Å². The van der Waals surface area contributed by atoms with Crippen LogP contribution in [0.4, 0.5) is 5.69 Å². The number of hydrogen-bond donors (Lipinski definition) is 0. The van der Waals surface area contributed by atoms with Gasteiger partial charge in [-0.1, -0.05) is 19.9 Å². The van der Waals surface area contributed by atoms with Gasteiger partial charge in [0, 0.05) is 30.5 Å². The van der Waals surface area contributed by atoms with Crippen LogP contribution in [0, 0.1) is 13.8 Å². The number of anilines is 1. The predicted molar refractivity (Wildman–Crippen MR) is 80.9 cm³/mol. The van der Waals surface area contributed by atoms with Gasteiger partial charge in [-0.2, -0.15) is 0 Å². The molecule has 0 heterocycles. The highest BCUT2D eigenvalue weighted by Crippen LogP contribution is 2.18. The Kier molecular flexibility index (Phi) is 9.39. The molecule has 0 atom stereocenters. The van der Waals surface area contributed by atoms with Crippen molar-refractivity contribution in [1.29, 1.82) is 0 Å². The molecule has 0 N–H and O–H groups in total. The fourth-order valence-electron chi connectivity index (χ4n) is 1.50. The minimum Gasteiger partial charge on any atom is -0.369 e. The van der Waals surface area contributed by atoms with E-state index in [0.717, 1.165) is 13.1 Å². The van der Waals surface area contributed by atoms with E-state index in [1.165, 1.54) is 16.8 Å². The number of aryl methyl sites for hydroxylation is 2. The average molecular weight is 276 g/mol. The van der Waals surface area contributed by atoms with Gasteiger partial charge in [0.25, 0.3) is 0 Å². The second kappa shape index (κ2) is 9.61. The maximum absolute atomic E-state index is 5.77. The number of nitrogens with zero attached hydrogens (tertiary/aromatic N) is 1. The van der Waals surface area contributed by atoms with Crippen LogP contribution < -0.4 is 4.90 Å². The Hall–Kier alpha value is -0.400. The molecule has 1 rings (SSSR count). The van der Waals surface area contributed by atoms with Gasteiger partial charge in [0.1, 0.15) is 0 Å². The lowest BCUT2D eigenvalue weighted by Gasteiger charge is -2.23. The molecule has 17 heavy (non-hydrogen) atoms. The molecular weight excluding hydrogens is 253 g/mol. The quantitative estimate of drug-likeness (QED) is 0.710. The van der Waals surface area contributed by atoms with Crippen molar-refractivity contribution in [2.24, 2.45) is 0 Å². The number of alkyl halides is 2. The molecule has 98 valence electrons. The van der Waals surface area contributed by atoms with Crippen molar-refractivity contribution in [2.75, 3.05) is 29.7 Å². The van der Waals surface area contributed by atoms with E-state index in [0.29, 0.717) is 11.8 Å². The monoisotopic (exact) mass is 275 g/mol. The van der Waals surface area contributed by atoms with Crippen molar-refractivity contribution in [3.8, 4) is 0 Å². The third-order valence-corrected chi connectivity index (χ3v) is 2.90. The highest BCUT2D eigenvalue weighted by molar-refractivity contribution is 6.18. The van der Waals surface area contributed by atoms with Gasteiger partial charge in [0.05, 0.1) is 0 Å². The number of hydrogen-bond acceptors (Lipinski definition) is 1. The smallest absolute Gasteiger partial charge is 0.0399 e. The summed E-state index contributed by atoms with van der Waals surface area (Å²) < 4.78 is 0. The maximum Gasteiger partial charge on any atom is 0.0399 e. The molecule has 0 unspecified atom stereocenters. The van der Waals surface area contributed by atoms with Gasteiger partial charge in [-0.05, 0) is 37.1 Å². The van der Waals surface area contributed by atoms with Crippen LogP contribution in [0.25, 0.3) is 0 Å². The Bertz CT molecular complexity index is 307. The molecule has 0 amide bonds. The summed E-state index contributed by atoms with van der Waals surface area (Å²) in [5.41, 5.74) is 3.83. The fourth-order valence-corrected chi connectivity index (χ4v) is 1.90. The molecule has 1 aromatic carbocycles. The van der Waals surface area contributed by atoms with Crippen molar-refractivity contribution in [1.82, 2.24) is 0 Å². The van der Waals surface area contributed by atoms with Crippen LogP contribution >= 0.6 is 23.2 Å². The number of benzene rings is 1. The normalized spacial score (nSPS) is 9.53. The number of halogens is 2. The molecule has 1 aromatic rings. The molecule has 0 fully saturated rings. The van der Waals surface area contributed by atoms with E-state index in [9.17, 15) is 0 Å². The first-order chi connectivity index (χ1) is 8.19. The van der Waals surface area contributed by atoms with Gasteiger partial charge in [-0.15, -0.1) is 23.2 Å². The predicted octanol–water partition coefficient (Wildman–Crippen LogP) is 4.61. The van der Waals surface area contributed by atoms with Gasteiger partial charge in [0.2, 0.25) is 0 Å². The van der Waals surface area contributed by atoms with Crippen molar-refractivity contribution < 1.29 is 0 Å². The van der Waals surface area contributed by atoms with E-state index in [1.807, 2.05) is 13.8 Å². The first kappa shape index (κ1) is 16.6. The summed E-state index contributed by atoms with van der Waals surface area (Å²) in [6.45, 7) is 9.93. The third-order valence-electron chi connectivity index (χ3n) is 2.56. The van der Waals surface area contributed by atoms with E-state index in [-0.39, 0.29) is 0 Å². The van der Waals surface area contributed by atoms with E-state index in [1.54, 1.807) is 0 Å². The topological polar surface area (TPSA) is 3.24 Å². The maximum atomic E-state index is 5.77. The van der Waals surface area contributed by atoms with Crippen LogP contribution in [0.2, 0.25) is 0 Å². The second-order valence-electron chi connectivity index (χ2n) is 3.63. The van der Waals surface area contributed by atoms with Gasteiger partial charge in [0.15, 0.2) is 0 Å². The average Bonchev–Trinajstić information content (AvgIpc) is 2.35. The Labute approximate surface area is 116 Å². The molecule has 0 aliphatic rings. The third kappa shape index (κ3) is 5.65. The van der Waals surface area contributed by atoms with Crippen LogP contribution in [0.3, 0.4) is 0 Å². The summed E-state index contributed by atoms with van der Waals surface area (Å²) in [6, 6.07) is 6.45. The Morgan fingerprint density at radius 1 is 0.941 bits per heavy atom. The van der Waals surface area contributed by atoms with Crippen LogP contribution in [0.15, 0.2) is 18.2 Å². The summed E-state index contributed by atoms with van der Waals surface area (Å²) in [4.78, 5) is 2.21. The molecule has 0 saturated heterocycles. The van der Waals surface area contributed by atoms with Crippen molar-refractivity contribution in [2.45, 2.75) is 27.7 Å². The second-order valence-corrected chi connectivity index (χ2v) is 4.39. The largest absolute Gasteiger partial charge is 0.369 e. The Balaban J connectivity index is 0.00000121. The highest BCUT2D eigenvalue weighted by Gasteiger charge is 2.05. The molecule has 0 aliphatic heterocycles. The molecule has 0 radical (unpaired) electrons. The summed E-state index contributed by atoms with van der Waals surface area (Å²) in [6.07, 6.45) is 0. The zero-order valence-corrected chi connectivity index (χ0v) is 12.8. The van der Waals surface area contributed by atoms with Crippen LogP contribution in [0.5, 0.6) is 0 Å². The van der Waals surface area contributed by atoms with E-state index in [2.05, 4.69) is 36.9 Å². The summed E-state index contributed by atoms with van der Waals surface area (Å²) in [5, 5.41) is 0. The van der Waals surface area contributed by atoms with Crippen molar-refractivity contribution in [3.05, 3.63) is 29.3 Å². The fraction of sp³-hybridized carbons (Fsp3) is 0.571. The van der Waals surface area contributed by atoms with E-state index in [4.69, 9.17) is 23.2 Å². The van der Waals surface area contributed by atoms with Gasteiger partial charge < -0.3 is 4.90 Å². The van der Waals surface area contributed by atoms with Gasteiger partial charge >= 0.3 is 0 Å². The molecule has 3 heteroatoms. The van der Waals surface area contributed by atoms with Crippen LogP contribution in [-0.2, 0) is 0 Å².